The molecule has 3 heteroatoms. The van der Waals surface area contributed by atoms with Gasteiger partial charge in [0.25, 0.3) is 0 Å². The summed E-state index contributed by atoms with van der Waals surface area (Å²) in [4.78, 5) is 0. The summed E-state index contributed by atoms with van der Waals surface area (Å²) in [5.41, 5.74) is -0.0241. The first-order chi connectivity index (χ1) is 8.31. The number of hydrogen-bond donors (Lipinski definition) is 3. The van der Waals surface area contributed by atoms with Crippen LogP contribution in [0, 0.1) is 17.3 Å². The molecule has 0 radical (unpaired) electrons. The van der Waals surface area contributed by atoms with Crippen molar-refractivity contribution in [1.82, 2.24) is 0 Å². The molecule has 5 atom stereocenters. The van der Waals surface area contributed by atoms with E-state index in [2.05, 4.69) is 13.5 Å². The summed E-state index contributed by atoms with van der Waals surface area (Å²) in [5, 5.41) is 30.1. The molecule has 3 nitrogen and oxygen atoms in total. The fourth-order valence-electron chi connectivity index (χ4n) is 4.13. The van der Waals surface area contributed by atoms with Gasteiger partial charge in [0.2, 0.25) is 0 Å². The molecule has 2 fully saturated rings. The lowest BCUT2D eigenvalue weighted by molar-refractivity contribution is -0.171. The van der Waals surface area contributed by atoms with E-state index in [9.17, 15) is 15.3 Å². The molecule has 0 aromatic rings. The van der Waals surface area contributed by atoms with Crippen LogP contribution in [0.2, 0.25) is 0 Å². The van der Waals surface area contributed by atoms with Gasteiger partial charge in [0, 0.05) is 0 Å². The molecular weight excluding hydrogens is 228 g/mol. The van der Waals surface area contributed by atoms with Gasteiger partial charge in [-0.15, -0.1) is 0 Å². The van der Waals surface area contributed by atoms with Crippen molar-refractivity contribution in [2.24, 2.45) is 17.3 Å². The van der Waals surface area contributed by atoms with Crippen LogP contribution in [0.5, 0.6) is 0 Å². The van der Waals surface area contributed by atoms with Crippen molar-refractivity contribution >= 4 is 0 Å². The molecule has 104 valence electrons. The summed E-state index contributed by atoms with van der Waals surface area (Å²) < 4.78 is 0. The lowest BCUT2D eigenvalue weighted by atomic mass is 9.52. The topological polar surface area (TPSA) is 60.7 Å². The summed E-state index contributed by atoms with van der Waals surface area (Å²) in [7, 11) is 0. The Bertz CT molecular complexity index is 337. The maximum Gasteiger partial charge on any atom is 0.0655 e. The van der Waals surface area contributed by atoms with Crippen LogP contribution in [-0.4, -0.2) is 33.6 Å². The molecule has 0 unspecified atom stereocenters. The molecule has 0 spiro atoms. The van der Waals surface area contributed by atoms with Crippen molar-refractivity contribution in [3.8, 4) is 0 Å². The largest absolute Gasteiger partial charge is 0.393 e. The van der Waals surface area contributed by atoms with Crippen LogP contribution in [0.25, 0.3) is 0 Å². The second-order valence-electron chi connectivity index (χ2n) is 6.76. The van der Waals surface area contributed by atoms with E-state index in [1.165, 1.54) is 0 Å². The second-order valence-corrected chi connectivity index (χ2v) is 6.76. The quantitative estimate of drug-likeness (QED) is 0.659. The average Bonchev–Trinajstić information content (AvgIpc) is 2.34. The first-order valence-electron chi connectivity index (χ1n) is 7.00. The molecule has 2 aliphatic carbocycles. The third-order valence-electron chi connectivity index (χ3n) is 5.56. The molecule has 3 N–H and O–H groups in total. The van der Waals surface area contributed by atoms with Crippen molar-refractivity contribution in [3.63, 3.8) is 0 Å². The van der Waals surface area contributed by atoms with Crippen molar-refractivity contribution in [2.45, 2.75) is 57.7 Å². The minimum atomic E-state index is -0.706. The van der Waals surface area contributed by atoms with Crippen molar-refractivity contribution in [1.29, 1.82) is 0 Å². The SMILES string of the molecule is C=C(CO)[C@H]1CC[C@]2(C)[C@@H](O)CC[C@](C)(O)[C@H]2C1. The van der Waals surface area contributed by atoms with E-state index in [0.29, 0.717) is 12.8 Å². The molecule has 0 aromatic heterocycles. The fourth-order valence-corrected chi connectivity index (χ4v) is 4.13. The maximum absolute atomic E-state index is 10.6. The summed E-state index contributed by atoms with van der Waals surface area (Å²) in [6.07, 6.45) is 3.72. The van der Waals surface area contributed by atoms with E-state index >= 15 is 0 Å². The molecule has 0 amide bonds. The number of aliphatic hydroxyl groups is 3. The summed E-state index contributed by atoms with van der Waals surface area (Å²) >= 11 is 0. The molecule has 0 saturated heterocycles. The van der Waals surface area contributed by atoms with Gasteiger partial charge in [0.1, 0.15) is 0 Å². The van der Waals surface area contributed by atoms with E-state index in [0.717, 1.165) is 24.8 Å². The third kappa shape index (κ3) is 2.13. The van der Waals surface area contributed by atoms with Gasteiger partial charge < -0.3 is 15.3 Å². The van der Waals surface area contributed by atoms with Crippen LogP contribution in [0.3, 0.4) is 0 Å². The van der Waals surface area contributed by atoms with E-state index in [1.807, 2.05) is 6.92 Å². The van der Waals surface area contributed by atoms with Gasteiger partial charge in [-0.1, -0.05) is 13.5 Å². The zero-order chi connectivity index (χ0) is 13.6. The normalized spacial score (nSPS) is 48.6. The maximum atomic E-state index is 10.6. The Morgan fingerprint density at radius 1 is 1.28 bits per heavy atom. The molecule has 0 aromatic carbocycles. The van der Waals surface area contributed by atoms with Crippen LogP contribution in [0.1, 0.15) is 46.0 Å². The van der Waals surface area contributed by atoms with Crippen molar-refractivity contribution in [3.05, 3.63) is 12.2 Å². The number of fused-ring (bicyclic) bond motifs is 1. The molecule has 2 aliphatic rings. The zero-order valence-corrected chi connectivity index (χ0v) is 11.5. The zero-order valence-electron chi connectivity index (χ0n) is 11.5. The second kappa shape index (κ2) is 4.62. The Labute approximate surface area is 110 Å². The molecule has 2 rings (SSSR count). The number of hydrogen-bond acceptors (Lipinski definition) is 3. The van der Waals surface area contributed by atoms with Gasteiger partial charge in [-0.05, 0) is 61.9 Å². The minimum absolute atomic E-state index is 0.0266. The van der Waals surface area contributed by atoms with Crippen molar-refractivity contribution < 1.29 is 15.3 Å². The number of aliphatic hydroxyl groups excluding tert-OH is 2. The summed E-state index contributed by atoms with van der Waals surface area (Å²) in [6.45, 7) is 7.96. The highest BCUT2D eigenvalue weighted by molar-refractivity contribution is 5.11. The van der Waals surface area contributed by atoms with Crippen LogP contribution in [0.4, 0.5) is 0 Å². The van der Waals surface area contributed by atoms with Gasteiger partial charge in [-0.2, -0.15) is 0 Å². The Kier molecular flexibility index (Phi) is 3.60. The van der Waals surface area contributed by atoms with Crippen LogP contribution in [-0.2, 0) is 0 Å². The highest BCUT2D eigenvalue weighted by Gasteiger charge is 2.55. The highest BCUT2D eigenvalue weighted by atomic mass is 16.3. The van der Waals surface area contributed by atoms with Gasteiger partial charge in [0.05, 0.1) is 18.3 Å². The van der Waals surface area contributed by atoms with E-state index in [4.69, 9.17) is 0 Å². The Morgan fingerprint density at radius 3 is 2.56 bits per heavy atom. The summed E-state index contributed by atoms with van der Waals surface area (Å²) in [5.74, 6) is 0.376. The number of rotatable bonds is 2. The van der Waals surface area contributed by atoms with Crippen LogP contribution in [0.15, 0.2) is 12.2 Å². The molecule has 0 heterocycles. The van der Waals surface area contributed by atoms with Crippen LogP contribution < -0.4 is 0 Å². The van der Waals surface area contributed by atoms with E-state index in [1.54, 1.807) is 0 Å². The van der Waals surface area contributed by atoms with Gasteiger partial charge in [-0.25, -0.2) is 0 Å². The Balaban J connectivity index is 2.23. The lowest BCUT2D eigenvalue weighted by Crippen LogP contribution is -2.57. The first-order valence-corrected chi connectivity index (χ1v) is 7.00. The molecular formula is C15H26O3. The standard InChI is InChI=1S/C15H26O3/c1-10(9-16)11-4-6-14(2)12(8-11)15(3,18)7-5-13(14)17/h11-13,16-18H,1,4-9H2,2-3H3/t11-,12-,13-,14-,15-/m0/s1. The predicted molar refractivity (Wildman–Crippen MR) is 71.0 cm³/mol. The summed E-state index contributed by atoms with van der Waals surface area (Å²) in [6, 6.07) is 0. The van der Waals surface area contributed by atoms with Crippen LogP contribution >= 0.6 is 0 Å². The van der Waals surface area contributed by atoms with Gasteiger partial charge in [-0.3, -0.25) is 0 Å². The fraction of sp³-hybridized carbons (Fsp3) is 0.867. The van der Waals surface area contributed by atoms with Gasteiger partial charge in [0.15, 0.2) is 0 Å². The first kappa shape index (κ1) is 14.0. The smallest absolute Gasteiger partial charge is 0.0655 e. The molecule has 0 aliphatic heterocycles. The van der Waals surface area contributed by atoms with Crippen molar-refractivity contribution in [2.75, 3.05) is 6.61 Å². The Morgan fingerprint density at radius 2 is 1.94 bits per heavy atom. The lowest BCUT2D eigenvalue weighted by Gasteiger charge is -2.56. The van der Waals surface area contributed by atoms with E-state index < -0.39 is 5.60 Å². The molecule has 0 bridgehead atoms. The predicted octanol–water partition coefficient (Wildman–Crippen LogP) is 1.86. The highest BCUT2D eigenvalue weighted by Crippen LogP contribution is 2.56. The average molecular weight is 254 g/mol. The van der Waals surface area contributed by atoms with E-state index in [-0.39, 0.29) is 30.0 Å². The molecule has 18 heavy (non-hydrogen) atoms. The molecule has 2 saturated carbocycles. The third-order valence-corrected chi connectivity index (χ3v) is 5.56. The monoisotopic (exact) mass is 254 g/mol. The Hall–Kier alpha value is -0.380. The van der Waals surface area contributed by atoms with Gasteiger partial charge >= 0.3 is 0 Å². The minimum Gasteiger partial charge on any atom is -0.393 e.